The largest absolute Gasteiger partial charge is 0.311 e. The molecule has 0 fully saturated rings. The average molecular weight is 173 g/mol. The van der Waals surface area contributed by atoms with E-state index >= 15 is 0 Å². The fourth-order valence-corrected chi connectivity index (χ4v) is 1.48. The molecule has 0 unspecified atom stereocenters. The Morgan fingerprint density at radius 3 is 2.64 bits per heavy atom. The molecule has 1 nitrogen and oxygen atoms in total. The highest BCUT2D eigenvalue weighted by Crippen LogP contribution is 2.06. The van der Waals surface area contributed by atoms with Crippen molar-refractivity contribution in [1.29, 1.82) is 0 Å². The maximum absolute atomic E-state index is 3.96. The lowest BCUT2D eigenvalue weighted by atomic mass is 10.1. The molecule has 0 aromatic rings. The molecule has 1 N–H and O–H groups in total. The number of hydrogen-bond donors (Lipinski definition) is 1. The smallest absolute Gasteiger partial charge is 0.0281 e. The zero-order chi connectivity index (χ0) is 8.69. The predicted octanol–water partition coefficient (Wildman–Crippen LogP) is 2.29. The van der Waals surface area contributed by atoms with Crippen molar-refractivity contribution in [2.75, 3.05) is 18.6 Å². The van der Waals surface area contributed by atoms with Crippen LogP contribution in [0.5, 0.6) is 0 Å². The molecule has 0 aromatic heterocycles. The first-order chi connectivity index (χ1) is 5.22. The summed E-state index contributed by atoms with van der Waals surface area (Å²) in [5, 5.41) is 3.40. The third kappa shape index (κ3) is 5.33. The Morgan fingerprint density at radius 1 is 1.64 bits per heavy atom. The van der Waals surface area contributed by atoms with Crippen molar-refractivity contribution in [3.05, 3.63) is 12.2 Å². The van der Waals surface area contributed by atoms with Gasteiger partial charge in [0.25, 0.3) is 0 Å². The van der Waals surface area contributed by atoms with Crippen LogP contribution >= 0.6 is 11.8 Å². The summed E-state index contributed by atoms with van der Waals surface area (Å²) in [5.74, 6) is 1.21. The minimum absolute atomic E-state index is 0.521. The Hall–Kier alpha value is 0.0500. The van der Waals surface area contributed by atoms with E-state index in [1.54, 1.807) is 0 Å². The minimum Gasteiger partial charge on any atom is -0.311 e. The zero-order valence-corrected chi connectivity index (χ0v) is 8.63. The molecule has 0 spiro atoms. The van der Waals surface area contributed by atoms with E-state index in [4.69, 9.17) is 0 Å². The second kappa shape index (κ2) is 6.74. The first-order valence-electron chi connectivity index (χ1n) is 4.10. The highest BCUT2D eigenvalue weighted by Gasteiger charge is 2.05. The topological polar surface area (TPSA) is 12.0 Å². The monoisotopic (exact) mass is 173 g/mol. The van der Waals surface area contributed by atoms with Gasteiger partial charge in [-0.15, -0.1) is 0 Å². The summed E-state index contributed by atoms with van der Waals surface area (Å²) < 4.78 is 0. The summed E-state index contributed by atoms with van der Waals surface area (Å²) in [6.45, 7) is 9.21. The van der Waals surface area contributed by atoms with Crippen molar-refractivity contribution in [2.45, 2.75) is 26.3 Å². The van der Waals surface area contributed by atoms with Gasteiger partial charge in [-0.05, 0) is 31.9 Å². The predicted molar refractivity (Wildman–Crippen MR) is 55.3 cm³/mol. The Morgan fingerprint density at radius 2 is 2.27 bits per heavy atom. The van der Waals surface area contributed by atoms with Gasteiger partial charge in [-0.25, -0.2) is 0 Å². The molecule has 0 saturated carbocycles. The summed E-state index contributed by atoms with van der Waals surface area (Å²) >= 11 is 1.89. The van der Waals surface area contributed by atoms with Crippen molar-refractivity contribution < 1.29 is 0 Å². The minimum atomic E-state index is 0.521. The summed E-state index contributed by atoms with van der Waals surface area (Å²) in [7, 11) is 0. The van der Waals surface area contributed by atoms with Gasteiger partial charge < -0.3 is 5.32 Å². The van der Waals surface area contributed by atoms with Gasteiger partial charge in [0, 0.05) is 6.04 Å². The van der Waals surface area contributed by atoms with E-state index in [2.05, 4.69) is 32.0 Å². The molecule has 0 aliphatic heterocycles. The highest BCUT2D eigenvalue weighted by molar-refractivity contribution is 7.98. The number of likely N-dealkylation sites (N-methyl/N-ethyl adjacent to an activating group) is 1. The van der Waals surface area contributed by atoms with Crippen LogP contribution in [0.4, 0.5) is 0 Å². The van der Waals surface area contributed by atoms with E-state index in [-0.39, 0.29) is 0 Å². The van der Waals surface area contributed by atoms with Gasteiger partial charge in [0.2, 0.25) is 0 Å². The molecule has 0 saturated heterocycles. The van der Waals surface area contributed by atoms with Crippen LogP contribution in [0.3, 0.4) is 0 Å². The lowest BCUT2D eigenvalue weighted by molar-refractivity contribution is 0.579. The van der Waals surface area contributed by atoms with E-state index in [1.165, 1.54) is 17.7 Å². The van der Waals surface area contributed by atoms with E-state index < -0.39 is 0 Å². The molecule has 0 rings (SSSR count). The van der Waals surface area contributed by atoms with Crippen molar-refractivity contribution in [2.24, 2.45) is 0 Å². The molecule has 0 radical (unpaired) electrons. The van der Waals surface area contributed by atoms with Crippen LogP contribution in [-0.2, 0) is 0 Å². The first-order valence-corrected chi connectivity index (χ1v) is 5.49. The van der Waals surface area contributed by atoms with E-state index in [1.807, 2.05) is 11.8 Å². The Balaban J connectivity index is 3.60. The van der Waals surface area contributed by atoms with Crippen LogP contribution in [-0.4, -0.2) is 24.6 Å². The number of hydrogen-bond acceptors (Lipinski definition) is 2. The van der Waals surface area contributed by atoms with Crippen LogP contribution < -0.4 is 5.32 Å². The van der Waals surface area contributed by atoms with E-state index in [0.29, 0.717) is 6.04 Å². The van der Waals surface area contributed by atoms with Crippen LogP contribution in [0.15, 0.2) is 12.2 Å². The van der Waals surface area contributed by atoms with Crippen LogP contribution in [0, 0.1) is 0 Å². The number of rotatable bonds is 6. The normalized spacial score (nSPS) is 13.0. The van der Waals surface area contributed by atoms with Gasteiger partial charge in [0.15, 0.2) is 0 Å². The van der Waals surface area contributed by atoms with E-state index in [9.17, 15) is 0 Å². The summed E-state index contributed by atoms with van der Waals surface area (Å²) in [5.41, 5.74) is 1.25. The van der Waals surface area contributed by atoms with Crippen molar-refractivity contribution in [1.82, 2.24) is 5.32 Å². The fourth-order valence-electron chi connectivity index (χ4n) is 1.00. The summed E-state index contributed by atoms with van der Waals surface area (Å²) in [6.07, 6.45) is 3.34. The summed E-state index contributed by atoms with van der Waals surface area (Å²) in [4.78, 5) is 0. The number of thioether (sulfide) groups is 1. The van der Waals surface area contributed by atoms with Gasteiger partial charge in [-0.2, -0.15) is 11.8 Å². The SMILES string of the molecule is C=C(C)[C@H](CCSC)NCC. The zero-order valence-electron chi connectivity index (χ0n) is 7.81. The van der Waals surface area contributed by atoms with Crippen molar-refractivity contribution in [3.8, 4) is 0 Å². The highest BCUT2D eigenvalue weighted by atomic mass is 32.2. The molecule has 0 heterocycles. The Bertz CT molecular complexity index is 112. The second-order valence-corrected chi connectivity index (χ2v) is 3.72. The number of nitrogens with one attached hydrogen (secondary N) is 1. The molecule has 0 aliphatic rings. The fraction of sp³-hybridized carbons (Fsp3) is 0.778. The maximum atomic E-state index is 3.96. The van der Waals surface area contributed by atoms with Gasteiger partial charge in [0.1, 0.15) is 0 Å². The molecular weight excluding hydrogens is 154 g/mol. The Kier molecular flexibility index (Phi) is 6.77. The molecule has 0 aromatic carbocycles. The summed E-state index contributed by atoms with van der Waals surface area (Å²) in [6, 6.07) is 0.521. The lowest BCUT2D eigenvalue weighted by Gasteiger charge is -2.16. The van der Waals surface area contributed by atoms with Crippen molar-refractivity contribution in [3.63, 3.8) is 0 Å². The first kappa shape index (κ1) is 11.1. The third-order valence-corrected chi connectivity index (χ3v) is 2.30. The lowest BCUT2D eigenvalue weighted by Crippen LogP contribution is -2.30. The molecule has 1 atom stereocenters. The molecular formula is C9H19NS. The second-order valence-electron chi connectivity index (χ2n) is 2.74. The van der Waals surface area contributed by atoms with Crippen LogP contribution in [0.2, 0.25) is 0 Å². The van der Waals surface area contributed by atoms with Gasteiger partial charge in [-0.3, -0.25) is 0 Å². The van der Waals surface area contributed by atoms with Gasteiger partial charge in [-0.1, -0.05) is 19.1 Å². The van der Waals surface area contributed by atoms with Crippen LogP contribution in [0.1, 0.15) is 20.3 Å². The quantitative estimate of drug-likeness (QED) is 0.619. The molecule has 0 aliphatic carbocycles. The van der Waals surface area contributed by atoms with Gasteiger partial charge >= 0.3 is 0 Å². The Labute approximate surface area is 74.6 Å². The maximum Gasteiger partial charge on any atom is 0.0281 e. The molecule has 66 valence electrons. The van der Waals surface area contributed by atoms with E-state index in [0.717, 1.165) is 6.54 Å². The molecule has 11 heavy (non-hydrogen) atoms. The standard InChI is InChI=1S/C9H19NS/c1-5-10-9(8(2)3)6-7-11-4/h9-10H,2,5-7H2,1,3-4H3/t9-/m0/s1. The van der Waals surface area contributed by atoms with Crippen LogP contribution in [0.25, 0.3) is 0 Å². The average Bonchev–Trinajstić information content (AvgIpc) is 1.97. The molecule has 0 amide bonds. The van der Waals surface area contributed by atoms with Gasteiger partial charge in [0.05, 0.1) is 0 Å². The van der Waals surface area contributed by atoms with Crippen molar-refractivity contribution >= 4 is 11.8 Å². The molecule has 2 heteroatoms. The molecule has 0 bridgehead atoms. The third-order valence-electron chi connectivity index (χ3n) is 1.66.